The maximum Gasteiger partial charge on any atom is 0.260 e. The minimum absolute atomic E-state index is 0.00980. The lowest BCUT2D eigenvalue weighted by atomic mass is 10.1. The molecule has 0 spiro atoms. The van der Waals surface area contributed by atoms with E-state index in [1.54, 1.807) is 0 Å². The van der Waals surface area contributed by atoms with Crippen LogP contribution in [0.5, 0.6) is 5.75 Å². The third kappa shape index (κ3) is 5.66. The highest BCUT2D eigenvalue weighted by atomic mass is 16.5. The van der Waals surface area contributed by atoms with Gasteiger partial charge in [-0.1, -0.05) is 48.0 Å². The van der Waals surface area contributed by atoms with Crippen molar-refractivity contribution in [3.8, 4) is 5.75 Å². The van der Waals surface area contributed by atoms with Crippen LogP contribution in [0.2, 0.25) is 0 Å². The summed E-state index contributed by atoms with van der Waals surface area (Å²) in [4.78, 5) is 28.6. The average Bonchev–Trinajstić information content (AvgIpc) is 2.72. The minimum atomic E-state index is 0.00980. The van der Waals surface area contributed by atoms with Crippen LogP contribution in [0.25, 0.3) is 0 Å². The van der Waals surface area contributed by atoms with Gasteiger partial charge >= 0.3 is 0 Å². The quantitative estimate of drug-likeness (QED) is 0.707. The van der Waals surface area contributed by atoms with Crippen LogP contribution in [0.15, 0.2) is 54.6 Å². The van der Waals surface area contributed by atoms with E-state index in [2.05, 4.69) is 4.90 Å². The molecule has 1 amide bonds. The molecule has 2 aromatic rings. The number of piperazine rings is 1. The number of rotatable bonds is 7. The van der Waals surface area contributed by atoms with E-state index in [0.717, 1.165) is 30.8 Å². The summed E-state index contributed by atoms with van der Waals surface area (Å²) in [5, 5.41) is 0. The smallest absolute Gasteiger partial charge is 0.260 e. The number of carbonyl (C=O) groups excluding carboxylic acids is 2. The number of hydrogen-bond donors (Lipinski definition) is 0. The topological polar surface area (TPSA) is 49.9 Å². The van der Waals surface area contributed by atoms with Gasteiger partial charge < -0.3 is 9.64 Å². The first-order valence-corrected chi connectivity index (χ1v) is 9.39. The van der Waals surface area contributed by atoms with Crippen LogP contribution in [-0.2, 0) is 4.79 Å². The fourth-order valence-corrected chi connectivity index (χ4v) is 3.12. The predicted octanol–water partition coefficient (Wildman–Crippen LogP) is 2.79. The van der Waals surface area contributed by atoms with Gasteiger partial charge in [-0.15, -0.1) is 0 Å². The van der Waals surface area contributed by atoms with Crippen LogP contribution in [0.3, 0.4) is 0 Å². The maximum absolute atomic E-state index is 12.3. The Hall–Kier alpha value is -2.66. The molecule has 0 bridgehead atoms. The highest BCUT2D eigenvalue weighted by molar-refractivity contribution is 5.96. The Bertz CT molecular complexity index is 751. The molecule has 1 aliphatic rings. The second-order valence-corrected chi connectivity index (χ2v) is 6.86. The van der Waals surface area contributed by atoms with Crippen molar-refractivity contribution in [1.82, 2.24) is 9.80 Å². The first-order chi connectivity index (χ1) is 13.1. The average molecular weight is 366 g/mol. The fourth-order valence-electron chi connectivity index (χ4n) is 3.12. The van der Waals surface area contributed by atoms with Crippen molar-refractivity contribution in [1.29, 1.82) is 0 Å². The Morgan fingerprint density at radius 1 is 0.926 bits per heavy atom. The van der Waals surface area contributed by atoms with Crippen molar-refractivity contribution in [2.75, 3.05) is 39.3 Å². The molecule has 1 fully saturated rings. The molecular weight excluding hydrogens is 340 g/mol. The standard InChI is InChI=1S/C22H26N2O3/c1-18-7-9-20(10-8-18)27-17-22(26)24-15-13-23(14-16-24)12-11-21(25)19-5-3-2-4-6-19/h2-10H,11-17H2,1H3. The van der Waals surface area contributed by atoms with Crippen LogP contribution in [-0.4, -0.2) is 60.8 Å². The lowest BCUT2D eigenvalue weighted by Gasteiger charge is -2.34. The van der Waals surface area contributed by atoms with Crippen LogP contribution in [0, 0.1) is 6.92 Å². The molecule has 0 N–H and O–H groups in total. The number of nitrogens with zero attached hydrogens (tertiary/aromatic N) is 2. The van der Waals surface area contributed by atoms with Gasteiger partial charge in [-0.2, -0.15) is 0 Å². The number of hydrogen-bond acceptors (Lipinski definition) is 4. The van der Waals surface area contributed by atoms with Crippen molar-refractivity contribution in [3.63, 3.8) is 0 Å². The Morgan fingerprint density at radius 3 is 2.26 bits per heavy atom. The normalized spacial score (nSPS) is 14.8. The summed E-state index contributed by atoms with van der Waals surface area (Å²) in [6.45, 7) is 5.74. The van der Waals surface area contributed by atoms with E-state index in [4.69, 9.17) is 4.74 Å². The molecule has 27 heavy (non-hydrogen) atoms. The summed E-state index contributed by atoms with van der Waals surface area (Å²) in [5.74, 6) is 0.892. The number of carbonyl (C=O) groups is 2. The van der Waals surface area contributed by atoms with E-state index in [1.807, 2.05) is 66.4 Å². The first kappa shape index (κ1) is 19.1. The number of Topliss-reactive ketones (excluding diaryl/α,β-unsaturated/α-hetero) is 1. The third-order valence-corrected chi connectivity index (χ3v) is 4.86. The molecule has 0 aliphatic carbocycles. The van der Waals surface area contributed by atoms with Gasteiger partial charge in [-0.05, 0) is 19.1 Å². The van der Waals surface area contributed by atoms with E-state index in [9.17, 15) is 9.59 Å². The highest BCUT2D eigenvalue weighted by Gasteiger charge is 2.21. The minimum Gasteiger partial charge on any atom is -0.484 e. The summed E-state index contributed by atoms with van der Waals surface area (Å²) in [6, 6.07) is 17.1. The largest absolute Gasteiger partial charge is 0.484 e. The molecule has 1 saturated heterocycles. The predicted molar refractivity (Wildman–Crippen MR) is 105 cm³/mol. The van der Waals surface area contributed by atoms with Crippen LogP contribution >= 0.6 is 0 Å². The molecule has 0 radical (unpaired) electrons. The Labute approximate surface area is 160 Å². The van der Waals surface area contributed by atoms with Crippen molar-refractivity contribution in [2.45, 2.75) is 13.3 Å². The molecule has 5 nitrogen and oxygen atoms in total. The van der Waals surface area contributed by atoms with Gasteiger partial charge in [-0.25, -0.2) is 0 Å². The zero-order valence-corrected chi connectivity index (χ0v) is 15.8. The fraction of sp³-hybridized carbons (Fsp3) is 0.364. The van der Waals surface area contributed by atoms with E-state index in [-0.39, 0.29) is 18.3 Å². The monoisotopic (exact) mass is 366 g/mol. The SMILES string of the molecule is Cc1ccc(OCC(=O)N2CCN(CCC(=O)c3ccccc3)CC2)cc1. The molecule has 2 aromatic carbocycles. The van der Waals surface area contributed by atoms with Crippen LogP contribution < -0.4 is 4.74 Å². The summed E-state index contributed by atoms with van der Waals surface area (Å²) < 4.78 is 5.58. The van der Waals surface area contributed by atoms with Gasteiger partial charge in [0, 0.05) is 44.7 Å². The van der Waals surface area contributed by atoms with Crippen molar-refractivity contribution in [2.24, 2.45) is 0 Å². The molecule has 0 saturated carbocycles. The molecule has 142 valence electrons. The maximum atomic E-state index is 12.3. The first-order valence-electron chi connectivity index (χ1n) is 9.39. The lowest BCUT2D eigenvalue weighted by Crippen LogP contribution is -2.50. The summed E-state index contributed by atoms with van der Waals surface area (Å²) >= 11 is 0. The number of amides is 1. The Morgan fingerprint density at radius 2 is 1.59 bits per heavy atom. The molecule has 1 aliphatic heterocycles. The van der Waals surface area contributed by atoms with Crippen LogP contribution in [0.1, 0.15) is 22.3 Å². The van der Waals surface area contributed by atoms with Gasteiger partial charge in [0.2, 0.25) is 0 Å². The van der Waals surface area contributed by atoms with E-state index >= 15 is 0 Å². The molecular formula is C22H26N2O3. The van der Waals surface area contributed by atoms with Gasteiger partial charge in [0.05, 0.1) is 0 Å². The molecule has 5 heteroatoms. The second-order valence-electron chi connectivity index (χ2n) is 6.86. The third-order valence-electron chi connectivity index (χ3n) is 4.86. The van der Waals surface area contributed by atoms with Gasteiger partial charge in [0.15, 0.2) is 12.4 Å². The van der Waals surface area contributed by atoms with Gasteiger partial charge in [0.25, 0.3) is 5.91 Å². The molecule has 3 rings (SSSR count). The number of benzene rings is 2. The zero-order chi connectivity index (χ0) is 19.1. The number of ether oxygens (including phenoxy) is 1. The Balaban J connectivity index is 1.37. The molecule has 1 heterocycles. The van der Waals surface area contributed by atoms with E-state index in [1.165, 1.54) is 0 Å². The number of ketones is 1. The lowest BCUT2D eigenvalue weighted by molar-refractivity contribution is -0.135. The number of aryl methyl sites for hydroxylation is 1. The van der Waals surface area contributed by atoms with E-state index in [0.29, 0.717) is 25.3 Å². The summed E-state index contributed by atoms with van der Waals surface area (Å²) in [7, 11) is 0. The molecule has 0 unspecified atom stereocenters. The summed E-state index contributed by atoms with van der Waals surface area (Å²) in [6.07, 6.45) is 0.508. The molecule has 0 atom stereocenters. The zero-order valence-electron chi connectivity index (χ0n) is 15.8. The van der Waals surface area contributed by atoms with Crippen molar-refractivity contribution in [3.05, 3.63) is 65.7 Å². The Kier molecular flexibility index (Phi) is 6.60. The van der Waals surface area contributed by atoms with Crippen molar-refractivity contribution < 1.29 is 14.3 Å². The molecule has 0 aromatic heterocycles. The van der Waals surface area contributed by atoms with E-state index < -0.39 is 0 Å². The van der Waals surface area contributed by atoms with Gasteiger partial charge in [-0.3, -0.25) is 14.5 Å². The van der Waals surface area contributed by atoms with Gasteiger partial charge in [0.1, 0.15) is 5.75 Å². The summed E-state index contributed by atoms with van der Waals surface area (Å²) in [5.41, 5.74) is 1.93. The highest BCUT2D eigenvalue weighted by Crippen LogP contribution is 2.12. The van der Waals surface area contributed by atoms with Crippen molar-refractivity contribution >= 4 is 11.7 Å². The second kappa shape index (κ2) is 9.33. The van der Waals surface area contributed by atoms with Crippen LogP contribution in [0.4, 0.5) is 0 Å².